The van der Waals surface area contributed by atoms with E-state index in [9.17, 15) is 25.2 Å². The molecule has 170 valence electrons. The molecule has 0 aromatic heterocycles. The molecule has 0 spiro atoms. The first kappa shape index (κ1) is 25.0. The monoisotopic (exact) mass is 430 g/mol. The highest BCUT2D eigenvalue weighted by atomic mass is 16.5. The van der Waals surface area contributed by atoms with Gasteiger partial charge in [-0.25, -0.2) is 4.79 Å². The van der Waals surface area contributed by atoms with Crippen LogP contribution in [0.3, 0.4) is 0 Å². The highest BCUT2D eigenvalue weighted by molar-refractivity contribution is 5.94. The van der Waals surface area contributed by atoms with Crippen molar-refractivity contribution >= 4 is 5.97 Å². The van der Waals surface area contributed by atoms with E-state index in [1.165, 1.54) is 33.8 Å². The summed E-state index contributed by atoms with van der Waals surface area (Å²) in [5.74, 6) is -0.486. The largest absolute Gasteiger partial charge is 0.423 e. The summed E-state index contributed by atoms with van der Waals surface area (Å²) < 4.78 is 5.56. The van der Waals surface area contributed by atoms with Crippen molar-refractivity contribution in [1.29, 1.82) is 0 Å². The van der Waals surface area contributed by atoms with E-state index in [1.807, 2.05) is 0 Å². The second-order valence-corrected chi connectivity index (χ2v) is 10.1. The minimum atomic E-state index is -1.51. The Kier molecular flexibility index (Phi) is 6.47. The average Bonchev–Trinajstić information content (AvgIpc) is 2.57. The van der Waals surface area contributed by atoms with Crippen molar-refractivity contribution in [2.45, 2.75) is 77.8 Å². The molecular formula is C25H34O6. The SMILES string of the molecule is CC(C)(O)c1cccc(OC(=O)c2ccc(C(C)(C)O)c(C(C)(C)O)c2C(C)(C)O)c1. The maximum atomic E-state index is 13.1. The number of ether oxygens (including phenoxy) is 1. The van der Waals surface area contributed by atoms with Crippen LogP contribution in [0.4, 0.5) is 0 Å². The van der Waals surface area contributed by atoms with E-state index in [0.717, 1.165) is 0 Å². The van der Waals surface area contributed by atoms with Gasteiger partial charge in [-0.2, -0.15) is 0 Å². The molecule has 6 heteroatoms. The van der Waals surface area contributed by atoms with Crippen molar-refractivity contribution in [3.05, 3.63) is 64.2 Å². The lowest BCUT2D eigenvalue weighted by Gasteiger charge is -2.35. The summed E-state index contributed by atoms with van der Waals surface area (Å²) in [5, 5.41) is 42.7. The molecule has 2 aromatic rings. The zero-order chi connectivity index (χ0) is 24.0. The number of carbonyl (C=O) groups excluding carboxylic acids is 1. The molecule has 0 heterocycles. The predicted octanol–water partition coefficient (Wildman–Crippen LogP) is 3.82. The summed E-state index contributed by atoms with van der Waals surface area (Å²) in [5.41, 5.74) is -3.89. The van der Waals surface area contributed by atoms with Crippen molar-refractivity contribution in [2.75, 3.05) is 0 Å². The topological polar surface area (TPSA) is 107 Å². The van der Waals surface area contributed by atoms with Crippen LogP contribution in [0.5, 0.6) is 5.75 Å². The second kappa shape index (κ2) is 8.02. The average molecular weight is 431 g/mol. The lowest BCUT2D eigenvalue weighted by atomic mass is 9.76. The number of aliphatic hydroxyl groups is 4. The van der Waals surface area contributed by atoms with Crippen LogP contribution < -0.4 is 4.74 Å². The fourth-order valence-corrected chi connectivity index (χ4v) is 3.66. The van der Waals surface area contributed by atoms with Crippen LogP contribution in [0, 0.1) is 0 Å². The molecule has 0 aliphatic heterocycles. The van der Waals surface area contributed by atoms with Crippen LogP contribution >= 0.6 is 0 Å². The van der Waals surface area contributed by atoms with Gasteiger partial charge < -0.3 is 25.2 Å². The van der Waals surface area contributed by atoms with E-state index < -0.39 is 28.4 Å². The molecule has 0 bridgehead atoms. The van der Waals surface area contributed by atoms with Gasteiger partial charge in [0, 0.05) is 5.56 Å². The maximum absolute atomic E-state index is 13.1. The fourth-order valence-electron chi connectivity index (χ4n) is 3.66. The van der Waals surface area contributed by atoms with E-state index in [4.69, 9.17) is 4.74 Å². The van der Waals surface area contributed by atoms with Gasteiger partial charge in [0.15, 0.2) is 0 Å². The lowest BCUT2D eigenvalue weighted by Crippen LogP contribution is -2.34. The van der Waals surface area contributed by atoms with Gasteiger partial charge in [-0.15, -0.1) is 0 Å². The first-order chi connectivity index (χ1) is 13.8. The number of esters is 1. The van der Waals surface area contributed by atoms with Gasteiger partial charge >= 0.3 is 5.97 Å². The number of carbonyl (C=O) groups is 1. The molecule has 31 heavy (non-hydrogen) atoms. The predicted molar refractivity (Wildman–Crippen MR) is 119 cm³/mol. The number of hydrogen-bond acceptors (Lipinski definition) is 6. The Hall–Kier alpha value is -2.25. The van der Waals surface area contributed by atoms with Crippen molar-refractivity contribution in [3.8, 4) is 5.75 Å². The zero-order valence-corrected chi connectivity index (χ0v) is 19.6. The quantitative estimate of drug-likeness (QED) is 0.410. The van der Waals surface area contributed by atoms with Gasteiger partial charge in [-0.1, -0.05) is 18.2 Å². The van der Waals surface area contributed by atoms with Gasteiger partial charge in [-0.3, -0.25) is 0 Å². The zero-order valence-electron chi connectivity index (χ0n) is 19.6. The molecule has 0 radical (unpaired) electrons. The van der Waals surface area contributed by atoms with Crippen molar-refractivity contribution in [2.24, 2.45) is 0 Å². The third-order valence-electron chi connectivity index (χ3n) is 5.06. The van der Waals surface area contributed by atoms with Gasteiger partial charge in [0.1, 0.15) is 5.75 Å². The Balaban J connectivity index is 2.68. The van der Waals surface area contributed by atoms with E-state index in [0.29, 0.717) is 11.1 Å². The summed E-state index contributed by atoms with van der Waals surface area (Å²) in [4.78, 5) is 13.1. The van der Waals surface area contributed by atoms with Gasteiger partial charge in [0.25, 0.3) is 0 Å². The molecule has 0 saturated heterocycles. The Morgan fingerprint density at radius 3 is 1.71 bits per heavy atom. The summed E-state index contributed by atoms with van der Waals surface area (Å²) in [6.07, 6.45) is 0. The molecule has 0 unspecified atom stereocenters. The minimum absolute atomic E-state index is 0.0753. The first-order valence-electron chi connectivity index (χ1n) is 10.2. The molecule has 0 amide bonds. The molecule has 4 N–H and O–H groups in total. The first-order valence-corrected chi connectivity index (χ1v) is 10.2. The summed E-state index contributed by atoms with van der Waals surface area (Å²) in [6.45, 7) is 12.5. The Bertz CT molecular complexity index is 963. The van der Waals surface area contributed by atoms with Crippen LogP contribution in [-0.2, 0) is 22.4 Å². The normalized spacial score (nSPS) is 13.3. The Morgan fingerprint density at radius 2 is 1.26 bits per heavy atom. The molecule has 0 aliphatic rings. The fraction of sp³-hybridized carbons (Fsp3) is 0.480. The van der Waals surface area contributed by atoms with Crippen LogP contribution in [0.1, 0.15) is 88.0 Å². The number of hydrogen-bond donors (Lipinski definition) is 4. The van der Waals surface area contributed by atoms with E-state index >= 15 is 0 Å². The summed E-state index contributed by atoms with van der Waals surface area (Å²) in [6, 6.07) is 9.61. The van der Waals surface area contributed by atoms with Crippen LogP contribution in [0.25, 0.3) is 0 Å². The molecule has 0 saturated carbocycles. The standard InChI is InChI=1S/C25H34O6/c1-22(2,27)15-10-9-11-16(14-15)31-21(26)17-12-13-18(23(3,4)28)20(25(7,8)30)19(17)24(5,6)29/h9-14,27-30H,1-8H3. The maximum Gasteiger partial charge on any atom is 0.343 e. The molecule has 6 nitrogen and oxygen atoms in total. The Labute approximate surface area is 184 Å². The minimum Gasteiger partial charge on any atom is -0.423 e. The van der Waals surface area contributed by atoms with Gasteiger partial charge in [0.05, 0.1) is 28.0 Å². The summed E-state index contributed by atoms with van der Waals surface area (Å²) >= 11 is 0. The van der Waals surface area contributed by atoms with Crippen LogP contribution in [0.15, 0.2) is 36.4 Å². The number of benzene rings is 2. The molecule has 0 aliphatic carbocycles. The van der Waals surface area contributed by atoms with E-state index in [1.54, 1.807) is 58.0 Å². The van der Waals surface area contributed by atoms with Gasteiger partial charge in [0.2, 0.25) is 0 Å². The molecule has 2 rings (SSSR count). The highest BCUT2D eigenvalue weighted by Gasteiger charge is 2.38. The molecule has 0 atom stereocenters. The van der Waals surface area contributed by atoms with E-state index in [-0.39, 0.29) is 22.4 Å². The van der Waals surface area contributed by atoms with Crippen molar-refractivity contribution in [1.82, 2.24) is 0 Å². The second-order valence-electron chi connectivity index (χ2n) is 10.1. The highest BCUT2D eigenvalue weighted by Crippen LogP contribution is 2.40. The van der Waals surface area contributed by atoms with Crippen LogP contribution in [-0.4, -0.2) is 26.4 Å². The third kappa shape index (κ3) is 5.71. The molecule has 2 aromatic carbocycles. The lowest BCUT2D eigenvalue weighted by molar-refractivity contribution is 0.0368. The molecular weight excluding hydrogens is 396 g/mol. The number of rotatable bonds is 6. The van der Waals surface area contributed by atoms with Gasteiger partial charge in [-0.05, 0) is 90.3 Å². The van der Waals surface area contributed by atoms with Crippen LogP contribution in [0.2, 0.25) is 0 Å². The third-order valence-corrected chi connectivity index (χ3v) is 5.06. The van der Waals surface area contributed by atoms with Crippen molar-refractivity contribution in [3.63, 3.8) is 0 Å². The Morgan fingerprint density at radius 1 is 0.710 bits per heavy atom. The van der Waals surface area contributed by atoms with Crippen molar-refractivity contribution < 1.29 is 30.0 Å². The smallest absolute Gasteiger partial charge is 0.343 e. The molecule has 0 fully saturated rings. The summed E-state index contributed by atoms with van der Waals surface area (Å²) in [7, 11) is 0. The van der Waals surface area contributed by atoms with E-state index in [2.05, 4.69) is 0 Å².